The molecule has 0 atom stereocenters. The summed E-state index contributed by atoms with van der Waals surface area (Å²) in [5.41, 5.74) is 7.88. The SMILES string of the molecule is COC(=O)c1cc(OCc2cccc(F)c2)cc(C)c1N. The molecule has 0 radical (unpaired) electrons. The summed E-state index contributed by atoms with van der Waals surface area (Å²) in [5.74, 6) is -0.363. The van der Waals surface area contributed by atoms with Gasteiger partial charge in [0.2, 0.25) is 0 Å². The zero-order chi connectivity index (χ0) is 15.4. The Hall–Kier alpha value is -2.56. The third-order valence-electron chi connectivity index (χ3n) is 3.06. The monoisotopic (exact) mass is 289 g/mol. The van der Waals surface area contributed by atoms with Crippen LogP contribution >= 0.6 is 0 Å². The van der Waals surface area contributed by atoms with Crippen molar-refractivity contribution in [3.05, 3.63) is 58.9 Å². The number of carbonyl (C=O) groups is 1. The number of benzene rings is 2. The summed E-state index contributed by atoms with van der Waals surface area (Å²) in [6.45, 7) is 1.97. The van der Waals surface area contributed by atoms with Crippen molar-refractivity contribution in [2.45, 2.75) is 13.5 Å². The van der Waals surface area contributed by atoms with E-state index in [0.717, 1.165) is 0 Å². The topological polar surface area (TPSA) is 61.5 Å². The smallest absolute Gasteiger partial charge is 0.340 e. The van der Waals surface area contributed by atoms with Crippen molar-refractivity contribution in [3.8, 4) is 5.75 Å². The summed E-state index contributed by atoms with van der Waals surface area (Å²) in [4.78, 5) is 11.7. The number of ether oxygens (including phenoxy) is 2. The van der Waals surface area contributed by atoms with Crippen LogP contribution in [0, 0.1) is 12.7 Å². The minimum Gasteiger partial charge on any atom is -0.489 e. The van der Waals surface area contributed by atoms with E-state index < -0.39 is 5.97 Å². The van der Waals surface area contributed by atoms with E-state index >= 15 is 0 Å². The van der Waals surface area contributed by atoms with E-state index in [2.05, 4.69) is 4.74 Å². The van der Waals surface area contributed by atoms with Gasteiger partial charge in [-0.2, -0.15) is 0 Å². The average molecular weight is 289 g/mol. The van der Waals surface area contributed by atoms with E-state index in [1.807, 2.05) is 0 Å². The summed E-state index contributed by atoms with van der Waals surface area (Å²) in [6, 6.07) is 9.38. The van der Waals surface area contributed by atoms with Crippen molar-refractivity contribution in [1.29, 1.82) is 0 Å². The Morgan fingerprint density at radius 2 is 2.05 bits per heavy atom. The first-order valence-electron chi connectivity index (χ1n) is 6.37. The van der Waals surface area contributed by atoms with E-state index in [0.29, 0.717) is 22.6 Å². The highest BCUT2D eigenvalue weighted by atomic mass is 19.1. The van der Waals surface area contributed by atoms with E-state index in [4.69, 9.17) is 10.5 Å². The second kappa shape index (κ2) is 6.26. The molecule has 0 aliphatic carbocycles. The van der Waals surface area contributed by atoms with Crippen LogP contribution in [-0.2, 0) is 11.3 Å². The van der Waals surface area contributed by atoms with Crippen LogP contribution in [0.3, 0.4) is 0 Å². The first kappa shape index (κ1) is 14.8. The molecule has 0 amide bonds. The molecule has 110 valence electrons. The Morgan fingerprint density at radius 3 is 2.71 bits per heavy atom. The summed E-state index contributed by atoms with van der Waals surface area (Å²) in [7, 11) is 1.29. The maximum atomic E-state index is 13.1. The predicted octanol–water partition coefficient (Wildman–Crippen LogP) is 3.08. The van der Waals surface area contributed by atoms with Gasteiger partial charge in [0.05, 0.1) is 12.7 Å². The van der Waals surface area contributed by atoms with Gasteiger partial charge in [-0.15, -0.1) is 0 Å². The highest BCUT2D eigenvalue weighted by molar-refractivity contribution is 5.96. The predicted molar refractivity (Wildman–Crippen MR) is 77.7 cm³/mol. The van der Waals surface area contributed by atoms with E-state index in [1.54, 1.807) is 25.1 Å². The van der Waals surface area contributed by atoms with Crippen LogP contribution < -0.4 is 10.5 Å². The van der Waals surface area contributed by atoms with Crippen LogP contribution in [0.5, 0.6) is 5.75 Å². The van der Waals surface area contributed by atoms with Crippen LogP contribution in [0.25, 0.3) is 0 Å². The fraction of sp³-hybridized carbons (Fsp3) is 0.188. The number of nitrogens with two attached hydrogens (primary N) is 1. The van der Waals surface area contributed by atoms with E-state index in [9.17, 15) is 9.18 Å². The van der Waals surface area contributed by atoms with Crippen molar-refractivity contribution >= 4 is 11.7 Å². The van der Waals surface area contributed by atoms with Gasteiger partial charge >= 0.3 is 5.97 Å². The number of methoxy groups -OCH3 is 1. The van der Waals surface area contributed by atoms with Crippen LogP contribution in [0.1, 0.15) is 21.5 Å². The molecule has 0 unspecified atom stereocenters. The summed E-state index contributed by atoms with van der Waals surface area (Å²) in [6.07, 6.45) is 0. The van der Waals surface area contributed by atoms with Crippen molar-refractivity contribution in [3.63, 3.8) is 0 Å². The standard InChI is InChI=1S/C16H16FNO3/c1-10-6-13(8-14(15(10)18)16(19)20-2)21-9-11-4-3-5-12(17)7-11/h3-8H,9,18H2,1-2H3. The molecule has 0 aliphatic heterocycles. The van der Waals surface area contributed by atoms with Gasteiger partial charge in [0.1, 0.15) is 18.2 Å². The Bertz CT molecular complexity index is 671. The highest BCUT2D eigenvalue weighted by Gasteiger charge is 2.14. The molecule has 0 fully saturated rings. The minimum atomic E-state index is -0.521. The molecule has 0 spiro atoms. The van der Waals surface area contributed by atoms with Gasteiger partial charge in [-0.05, 0) is 42.3 Å². The van der Waals surface area contributed by atoms with Gasteiger partial charge in [0, 0.05) is 5.69 Å². The van der Waals surface area contributed by atoms with Gasteiger partial charge in [-0.25, -0.2) is 9.18 Å². The van der Waals surface area contributed by atoms with Gasteiger partial charge in [0.25, 0.3) is 0 Å². The van der Waals surface area contributed by atoms with E-state index in [1.165, 1.54) is 25.3 Å². The van der Waals surface area contributed by atoms with Gasteiger partial charge in [-0.1, -0.05) is 12.1 Å². The largest absolute Gasteiger partial charge is 0.489 e. The lowest BCUT2D eigenvalue weighted by Crippen LogP contribution is -2.08. The molecule has 5 heteroatoms. The first-order valence-corrected chi connectivity index (χ1v) is 6.37. The van der Waals surface area contributed by atoms with E-state index in [-0.39, 0.29) is 18.0 Å². The molecule has 0 saturated heterocycles. The maximum absolute atomic E-state index is 13.1. The van der Waals surface area contributed by atoms with Crippen molar-refractivity contribution in [2.75, 3.05) is 12.8 Å². The average Bonchev–Trinajstić information content (AvgIpc) is 2.47. The summed E-state index contributed by atoms with van der Waals surface area (Å²) >= 11 is 0. The third kappa shape index (κ3) is 3.51. The molecule has 0 heterocycles. The number of hydrogen-bond donors (Lipinski definition) is 1. The lowest BCUT2D eigenvalue weighted by molar-refractivity contribution is 0.0601. The molecule has 2 aromatic carbocycles. The molecule has 21 heavy (non-hydrogen) atoms. The normalized spacial score (nSPS) is 10.2. The van der Waals surface area contributed by atoms with Crippen molar-refractivity contribution < 1.29 is 18.7 Å². The molecule has 0 saturated carbocycles. The number of carbonyl (C=O) groups excluding carboxylic acids is 1. The van der Waals surface area contributed by atoms with Crippen molar-refractivity contribution in [1.82, 2.24) is 0 Å². The van der Waals surface area contributed by atoms with Gasteiger partial charge in [-0.3, -0.25) is 0 Å². The van der Waals surface area contributed by atoms with Crippen molar-refractivity contribution in [2.24, 2.45) is 0 Å². The maximum Gasteiger partial charge on any atom is 0.340 e. The molecule has 2 N–H and O–H groups in total. The molecule has 4 nitrogen and oxygen atoms in total. The van der Waals surface area contributed by atoms with Crippen LogP contribution in [0.15, 0.2) is 36.4 Å². The number of esters is 1. The third-order valence-corrected chi connectivity index (χ3v) is 3.06. The fourth-order valence-corrected chi connectivity index (χ4v) is 1.92. The Kier molecular flexibility index (Phi) is 4.42. The molecule has 2 rings (SSSR count). The molecule has 2 aromatic rings. The van der Waals surface area contributed by atoms with Gasteiger partial charge in [0.15, 0.2) is 0 Å². The second-order valence-corrected chi connectivity index (χ2v) is 4.61. The van der Waals surface area contributed by atoms with Crippen LogP contribution in [-0.4, -0.2) is 13.1 Å². The lowest BCUT2D eigenvalue weighted by atomic mass is 10.1. The zero-order valence-corrected chi connectivity index (χ0v) is 11.9. The lowest BCUT2D eigenvalue weighted by Gasteiger charge is -2.12. The first-order chi connectivity index (χ1) is 10.0. The minimum absolute atomic E-state index is 0.196. The number of halogens is 1. The van der Waals surface area contributed by atoms with Gasteiger partial charge < -0.3 is 15.2 Å². The van der Waals surface area contributed by atoms with Crippen LogP contribution in [0.2, 0.25) is 0 Å². The molecule has 0 bridgehead atoms. The number of rotatable bonds is 4. The van der Waals surface area contributed by atoms with Crippen LogP contribution in [0.4, 0.5) is 10.1 Å². The number of nitrogen functional groups attached to an aromatic ring is 1. The zero-order valence-electron chi connectivity index (χ0n) is 11.9. The Labute approximate surface area is 122 Å². The molecule has 0 aromatic heterocycles. The second-order valence-electron chi connectivity index (χ2n) is 4.61. The number of anilines is 1. The number of hydrogen-bond acceptors (Lipinski definition) is 4. The molecular formula is C16H16FNO3. The quantitative estimate of drug-likeness (QED) is 0.694. The summed E-state index contributed by atoms with van der Waals surface area (Å²) in [5, 5.41) is 0. The summed E-state index contributed by atoms with van der Waals surface area (Å²) < 4.78 is 23.4. The molecule has 0 aliphatic rings. The fourth-order valence-electron chi connectivity index (χ4n) is 1.92. The highest BCUT2D eigenvalue weighted by Crippen LogP contribution is 2.25. The molecular weight excluding hydrogens is 273 g/mol. The number of aryl methyl sites for hydroxylation is 1. The Morgan fingerprint density at radius 1 is 1.29 bits per heavy atom. The Balaban J connectivity index is 2.21.